The van der Waals surface area contributed by atoms with Crippen LogP contribution in [0.15, 0.2) is 212 Å². The Kier molecular flexibility index (Phi) is 8.15. The van der Waals surface area contributed by atoms with E-state index in [2.05, 4.69) is 206 Å². The molecule has 0 saturated heterocycles. The van der Waals surface area contributed by atoms with E-state index in [9.17, 15) is 0 Å². The number of hydrogen-bond donors (Lipinski definition) is 0. The molecule has 0 N–H and O–H groups in total. The minimum absolute atomic E-state index is 0.629. The Hall–Kier alpha value is -7.75. The van der Waals surface area contributed by atoms with E-state index >= 15 is 0 Å². The number of hydrogen-bond acceptors (Lipinski definition) is 3. The molecular weight excluding hydrogens is 703 g/mol. The first-order valence-corrected chi connectivity index (χ1v) is 19.7. The highest BCUT2D eigenvalue weighted by Crippen LogP contribution is 2.40. The lowest BCUT2D eigenvalue weighted by Gasteiger charge is -2.14. The number of nitrogens with zero attached hydrogens (tertiary/aromatic N) is 3. The highest BCUT2D eigenvalue weighted by Gasteiger charge is 2.16. The zero-order valence-corrected chi connectivity index (χ0v) is 31.5. The van der Waals surface area contributed by atoms with Crippen LogP contribution in [-0.4, -0.2) is 15.0 Å². The molecule has 0 aliphatic rings. The van der Waals surface area contributed by atoms with Crippen molar-refractivity contribution < 1.29 is 0 Å². The molecule has 1 aromatic heterocycles. The van der Waals surface area contributed by atoms with Gasteiger partial charge in [0.15, 0.2) is 17.5 Å². The molecular formula is C55H35N3. The van der Waals surface area contributed by atoms with Crippen molar-refractivity contribution in [2.45, 2.75) is 0 Å². The molecule has 0 amide bonds. The zero-order chi connectivity index (χ0) is 38.4. The molecule has 3 nitrogen and oxygen atoms in total. The van der Waals surface area contributed by atoms with Crippen LogP contribution in [0.5, 0.6) is 0 Å². The van der Waals surface area contributed by atoms with Gasteiger partial charge in [-0.2, -0.15) is 0 Å². The summed E-state index contributed by atoms with van der Waals surface area (Å²) in [4.78, 5) is 15.4. The average molecular weight is 738 g/mol. The first-order chi connectivity index (χ1) is 28.7. The predicted octanol–water partition coefficient (Wildman–Crippen LogP) is 14.5. The molecule has 270 valence electrons. The van der Waals surface area contributed by atoms with Crippen LogP contribution in [0.3, 0.4) is 0 Å². The third-order valence-electron chi connectivity index (χ3n) is 11.3. The van der Waals surface area contributed by atoms with E-state index in [1.807, 2.05) is 6.07 Å². The number of rotatable bonds is 6. The third-order valence-corrected chi connectivity index (χ3v) is 11.3. The van der Waals surface area contributed by atoms with Crippen molar-refractivity contribution in [3.8, 4) is 67.5 Å². The first-order valence-electron chi connectivity index (χ1n) is 19.7. The number of aromatic nitrogens is 3. The van der Waals surface area contributed by atoms with Gasteiger partial charge in [-0.05, 0) is 94.7 Å². The summed E-state index contributed by atoms with van der Waals surface area (Å²) in [5.74, 6) is 1.89. The number of benzene rings is 10. The van der Waals surface area contributed by atoms with E-state index in [1.54, 1.807) is 0 Å². The molecule has 0 spiro atoms. The SMILES string of the molecule is c1ccc(-c2cccc(-c3nc(-c4ccc(-c5ccc6ccccc6c5)cc4)nc(-c4ccc(-c5c6ccccc6cc6c5ccc5ccccc56)cc4)n3)c2)cc1. The maximum atomic E-state index is 5.14. The minimum Gasteiger partial charge on any atom is -0.208 e. The lowest BCUT2D eigenvalue weighted by Crippen LogP contribution is -2.00. The van der Waals surface area contributed by atoms with Crippen LogP contribution in [0.1, 0.15) is 0 Å². The van der Waals surface area contributed by atoms with Crippen LogP contribution in [0.25, 0.3) is 111 Å². The summed E-state index contributed by atoms with van der Waals surface area (Å²) in [5.41, 5.74) is 9.74. The van der Waals surface area contributed by atoms with Gasteiger partial charge in [0.1, 0.15) is 0 Å². The van der Waals surface area contributed by atoms with E-state index in [-0.39, 0.29) is 0 Å². The van der Waals surface area contributed by atoms with Crippen molar-refractivity contribution in [2.24, 2.45) is 0 Å². The van der Waals surface area contributed by atoms with Crippen LogP contribution >= 0.6 is 0 Å². The van der Waals surface area contributed by atoms with Gasteiger partial charge in [-0.3, -0.25) is 0 Å². The lowest BCUT2D eigenvalue weighted by atomic mass is 9.89. The van der Waals surface area contributed by atoms with E-state index in [4.69, 9.17) is 15.0 Å². The van der Waals surface area contributed by atoms with Gasteiger partial charge < -0.3 is 0 Å². The quantitative estimate of drug-likeness (QED) is 0.126. The molecule has 0 bridgehead atoms. The van der Waals surface area contributed by atoms with Gasteiger partial charge in [0.05, 0.1) is 0 Å². The minimum atomic E-state index is 0.629. The Morgan fingerprint density at radius 2 is 0.690 bits per heavy atom. The Morgan fingerprint density at radius 1 is 0.207 bits per heavy atom. The fourth-order valence-electron chi connectivity index (χ4n) is 8.33. The summed E-state index contributed by atoms with van der Waals surface area (Å²) in [6.45, 7) is 0. The van der Waals surface area contributed by atoms with Crippen LogP contribution in [0.4, 0.5) is 0 Å². The summed E-state index contributed by atoms with van der Waals surface area (Å²) in [5, 5.41) is 9.90. The van der Waals surface area contributed by atoms with Gasteiger partial charge in [-0.25, -0.2) is 15.0 Å². The summed E-state index contributed by atoms with van der Waals surface area (Å²) in [7, 11) is 0. The molecule has 0 unspecified atom stereocenters. The molecule has 11 rings (SSSR count). The Bertz CT molecular complexity index is 3320. The van der Waals surface area contributed by atoms with Gasteiger partial charge in [0, 0.05) is 16.7 Å². The van der Waals surface area contributed by atoms with Gasteiger partial charge in [-0.1, -0.05) is 194 Å². The molecule has 58 heavy (non-hydrogen) atoms. The second-order valence-corrected chi connectivity index (χ2v) is 14.8. The zero-order valence-electron chi connectivity index (χ0n) is 31.5. The van der Waals surface area contributed by atoms with Crippen molar-refractivity contribution >= 4 is 43.1 Å². The van der Waals surface area contributed by atoms with Gasteiger partial charge in [0.25, 0.3) is 0 Å². The lowest BCUT2D eigenvalue weighted by molar-refractivity contribution is 1.07. The van der Waals surface area contributed by atoms with Crippen molar-refractivity contribution in [1.82, 2.24) is 15.0 Å². The Balaban J connectivity index is 1.03. The van der Waals surface area contributed by atoms with Crippen molar-refractivity contribution in [3.05, 3.63) is 212 Å². The molecule has 11 aromatic rings. The van der Waals surface area contributed by atoms with E-state index in [0.717, 1.165) is 38.9 Å². The summed E-state index contributed by atoms with van der Waals surface area (Å²) in [6, 6.07) is 75.4. The normalized spacial score (nSPS) is 11.4. The Morgan fingerprint density at radius 3 is 1.43 bits per heavy atom. The fraction of sp³-hybridized carbons (Fsp3) is 0. The average Bonchev–Trinajstić information content (AvgIpc) is 3.31. The number of fused-ring (bicyclic) bond motifs is 5. The molecule has 10 aromatic carbocycles. The van der Waals surface area contributed by atoms with Crippen LogP contribution in [0.2, 0.25) is 0 Å². The maximum Gasteiger partial charge on any atom is 0.164 e. The fourth-order valence-corrected chi connectivity index (χ4v) is 8.33. The van der Waals surface area contributed by atoms with E-state index in [1.165, 1.54) is 54.2 Å². The van der Waals surface area contributed by atoms with Gasteiger partial charge >= 0.3 is 0 Å². The van der Waals surface area contributed by atoms with Gasteiger partial charge in [-0.15, -0.1) is 0 Å². The topological polar surface area (TPSA) is 38.7 Å². The van der Waals surface area contributed by atoms with Gasteiger partial charge in [0.2, 0.25) is 0 Å². The highest BCUT2D eigenvalue weighted by molar-refractivity contribution is 6.20. The van der Waals surface area contributed by atoms with Crippen molar-refractivity contribution in [3.63, 3.8) is 0 Å². The van der Waals surface area contributed by atoms with E-state index in [0.29, 0.717) is 17.5 Å². The van der Waals surface area contributed by atoms with Crippen molar-refractivity contribution in [2.75, 3.05) is 0 Å². The first kappa shape index (κ1) is 33.6. The van der Waals surface area contributed by atoms with Crippen LogP contribution in [-0.2, 0) is 0 Å². The molecule has 1 heterocycles. The molecule has 0 saturated carbocycles. The van der Waals surface area contributed by atoms with E-state index < -0.39 is 0 Å². The molecule has 0 aliphatic carbocycles. The summed E-state index contributed by atoms with van der Waals surface area (Å²) >= 11 is 0. The molecule has 0 atom stereocenters. The highest BCUT2D eigenvalue weighted by atomic mass is 15.0. The Labute approximate surface area is 336 Å². The summed E-state index contributed by atoms with van der Waals surface area (Å²) < 4.78 is 0. The smallest absolute Gasteiger partial charge is 0.164 e. The second-order valence-electron chi connectivity index (χ2n) is 14.8. The molecule has 0 aliphatic heterocycles. The maximum absolute atomic E-state index is 5.14. The van der Waals surface area contributed by atoms with Crippen LogP contribution < -0.4 is 0 Å². The monoisotopic (exact) mass is 737 g/mol. The largest absolute Gasteiger partial charge is 0.208 e. The standard InChI is InChI=1S/C55H35N3/c1-2-11-36(12-3-1)44-17-10-18-47(34-44)55-57-53(41-26-21-38(22-27-41)45-30-23-37-13-4-5-15-43(37)33-45)56-54(58-55)42-28-24-40(25-29-42)52-49-20-9-7-16-46(49)35-51-48-19-8-6-14-39(48)31-32-50(51)52/h1-35H. The molecule has 0 fully saturated rings. The predicted molar refractivity (Wildman–Crippen MR) is 242 cm³/mol. The molecule has 0 radical (unpaired) electrons. The summed E-state index contributed by atoms with van der Waals surface area (Å²) in [6.07, 6.45) is 0. The van der Waals surface area contributed by atoms with Crippen molar-refractivity contribution in [1.29, 1.82) is 0 Å². The third kappa shape index (κ3) is 6.07. The second kappa shape index (κ2) is 14.1. The molecule has 3 heteroatoms. The van der Waals surface area contributed by atoms with Crippen LogP contribution in [0, 0.1) is 0 Å².